The molecule has 0 aliphatic heterocycles. The van der Waals surface area contributed by atoms with Gasteiger partial charge in [-0.25, -0.2) is 0 Å². The molecule has 0 aromatic rings. The summed E-state index contributed by atoms with van der Waals surface area (Å²) in [6, 6.07) is 0. The molecule has 1 rings (SSSR count). The van der Waals surface area contributed by atoms with Crippen molar-refractivity contribution in [1.29, 1.82) is 0 Å². The van der Waals surface area contributed by atoms with Crippen LogP contribution in [0.5, 0.6) is 0 Å². The topological polar surface area (TPSA) is 40.5 Å². The van der Waals surface area contributed by atoms with Crippen molar-refractivity contribution in [3.8, 4) is 0 Å². The number of aliphatic hydroxyl groups is 1. The Labute approximate surface area is 105 Å². The average molecular weight is 239 g/mol. The molecule has 0 radical (unpaired) electrons. The number of hydrogen-bond donors (Lipinski definition) is 1. The maximum Gasteiger partial charge on any atom is 0.231 e. The SMILES string of the molecule is C=CCC[C@]1(C(=O)N(C)C)CC[C@H](C)[C@@]1(C)O. The van der Waals surface area contributed by atoms with Crippen LogP contribution >= 0.6 is 0 Å². The molecule has 0 aromatic carbocycles. The minimum Gasteiger partial charge on any atom is -0.389 e. The van der Waals surface area contributed by atoms with E-state index in [1.165, 1.54) is 0 Å². The Morgan fingerprint density at radius 2 is 2.18 bits per heavy atom. The number of allylic oxidation sites excluding steroid dienone is 1. The molecule has 0 unspecified atom stereocenters. The summed E-state index contributed by atoms with van der Waals surface area (Å²) in [5, 5.41) is 10.7. The highest BCUT2D eigenvalue weighted by atomic mass is 16.3. The van der Waals surface area contributed by atoms with E-state index in [4.69, 9.17) is 0 Å². The third-order valence-corrected chi connectivity index (χ3v) is 4.52. The molecule has 1 saturated carbocycles. The fourth-order valence-electron chi connectivity index (χ4n) is 3.05. The summed E-state index contributed by atoms with van der Waals surface area (Å²) < 4.78 is 0. The van der Waals surface area contributed by atoms with Crippen molar-refractivity contribution in [2.75, 3.05) is 14.1 Å². The van der Waals surface area contributed by atoms with Crippen LogP contribution in [0.2, 0.25) is 0 Å². The average Bonchev–Trinajstić information content (AvgIpc) is 2.49. The molecule has 0 heterocycles. The first-order valence-corrected chi connectivity index (χ1v) is 6.34. The van der Waals surface area contributed by atoms with E-state index in [0.29, 0.717) is 6.42 Å². The lowest BCUT2D eigenvalue weighted by Gasteiger charge is -2.42. The molecule has 3 heteroatoms. The summed E-state index contributed by atoms with van der Waals surface area (Å²) in [4.78, 5) is 14.1. The predicted octanol–water partition coefficient (Wildman–Crippen LogP) is 2.21. The van der Waals surface area contributed by atoms with Crippen LogP contribution in [0.3, 0.4) is 0 Å². The van der Waals surface area contributed by atoms with Crippen LogP contribution in [0.1, 0.15) is 39.5 Å². The summed E-state index contributed by atoms with van der Waals surface area (Å²) in [6.45, 7) is 7.56. The Bertz CT molecular complexity index is 309. The molecule has 1 N–H and O–H groups in total. The first kappa shape index (κ1) is 14.2. The van der Waals surface area contributed by atoms with Gasteiger partial charge in [0.2, 0.25) is 5.91 Å². The molecule has 0 spiro atoms. The molecule has 1 fully saturated rings. The molecule has 17 heavy (non-hydrogen) atoms. The second-order valence-electron chi connectivity index (χ2n) is 5.70. The Kier molecular flexibility index (Phi) is 4.03. The van der Waals surface area contributed by atoms with Crippen LogP contribution in [0.4, 0.5) is 0 Å². The zero-order valence-electron chi connectivity index (χ0n) is 11.5. The van der Waals surface area contributed by atoms with E-state index in [2.05, 4.69) is 6.58 Å². The zero-order chi connectivity index (χ0) is 13.3. The van der Waals surface area contributed by atoms with Gasteiger partial charge in [-0.1, -0.05) is 13.0 Å². The summed E-state index contributed by atoms with van der Waals surface area (Å²) in [7, 11) is 3.52. The minimum absolute atomic E-state index is 0.0497. The summed E-state index contributed by atoms with van der Waals surface area (Å²) in [6.07, 6.45) is 4.95. The van der Waals surface area contributed by atoms with E-state index >= 15 is 0 Å². The number of nitrogens with zero attached hydrogens (tertiary/aromatic N) is 1. The highest BCUT2D eigenvalue weighted by Gasteiger charge is 2.59. The van der Waals surface area contributed by atoms with Gasteiger partial charge in [-0.15, -0.1) is 6.58 Å². The lowest BCUT2D eigenvalue weighted by Crippen LogP contribution is -2.53. The van der Waals surface area contributed by atoms with E-state index in [9.17, 15) is 9.90 Å². The van der Waals surface area contributed by atoms with Crippen LogP contribution in [0, 0.1) is 11.3 Å². The van der Waals surface area contributed by atoms with Gasteiger partial charge in [0.25, 0.3) is 0 Å². The highest BCUT2D eigenvalue weighted by molar-refractivity contribution is 5.84. The van der Waals surface area contributed by atoms with Gasteiger partial charge in [0.05, 0.1) is 11.0 Å². The Hall–Kier alpha value is -0.830. The maximum atomic E-state index is 12.5. The molecule has 3 atom stereocenters. The molecular formula is C14H25NO2. The van der Waals surface area contributed by atoms with E-state index in [-0.39, 0.29) is 11.8 Å². The Morgan fingerprint density at radius 1 is 1.59 bits per heavy atom. The first-order chi connectivity index (χ1) is 7.79. The van der Waals surface area contributed by atoms with Gasteiger partial charge in [0, 0.05) is 14.1 Å². The number of carbonyl (C=O) groups is 1. The largest absolute Gasteiger partial charge is 0.389 e. The van der Waals surface area contributed by atoms with Crippen molar-refractivity contribution in [3.05, 3.63) is 12.7 Å². The smallest absolute Gasteiger partial charge is 0.231 e. The fourth-order valence-corrected chi connectivity index (χ4v) is 3.05. The lowest BCUT2D eigenvalue weighted by molar-refractivity contribution is -0.157. The van der Waals surface area contributed by atoms with Crippen LogP contribution in [-0.4, -0.2) is 35.6 Å². The number of amides is 1. The monoisotopic (exact) mass is 239 g/mol. The fraction of sp³-hybridized carbons (Fsp3) is 0.786. The van der Waals surface area contributed by atoms with E-state index in [1.54, 1.807) is 19.0 Å². The quantitative estimate of drug-likeness (QED) is 0.764. The molecule has 0 aromatic heterocycles. The van der Waals surface area contributed by atoms with Crippen LogP contribution < -0.4 is 0 Å². The van der Waals surface area contributed by atoms with Crippen molar-refractivity contribution in [3.63, 3.8) is 0 Å². The third-order valence-electron chi connectivity index (χ3n) is 4.52. The summed E-state index contributed by atoms with van der Waals surface area (Å²) in [5.74, 6) is 0.213. The maximum absolute atomic E-state index is 12.5. The molecule has 0 saturated heterocycles. The molecule has 1 aliphatic rings. The van der Waals surface area contributed by atoms with Crippen molar-refractivity contribution >= 4 is 5.91 Å². The molecule has 98 valence electrons. The first-order valence-electron chi connectivity index (χ1n) is 6.34. The van der Waals surface area contributed by atoms with Crippen molar-refractivity contribution < 1.29 is 9.90 Å². The van der Waals surface area contributed by atoms with Gasteiger partial charge in [-0.3, -0.25) is 4.79 Å². The van der Waals surface area contributed by atoms with Crippen molar-refractivity contribution in [2.45, 2.75) is 45.1 Å². The number of rotatable bonds is 4. The third kappa shape index (κ3) is 2.13. The second kappa shape index (κ2) is 4.81. The lowest BCUT2D eigenvalue weighted by atomic mass is 9.69. The minimum atomic E-state index is -0.919. The molecule has 1 aliphatic carbocycles. The second-order valence-corrected chi connectivity index (χ2v) is 5.70. The number of carbonyl (C=O) groups excluding carboxylic acids is 1. The Morgan fingerprint density at radius 3 is 2.53 bits per heavy atom. The zero-order valence-corrected chi connectivity index (χ0v) is 11.5. The van der Waals surface area contributed by atoms with Crippen LogP contribution in [-0.2, 0) is 4.79 Å². The summed E-state index contributed by atoms with van der Waals surface area (Å²) >= 11 is 0. The molecular weight excluding hydrogens is 214 g/mol. The molecule has 3 nitrogen and oxygen atoms in total. The molecule has 0 bridgehead atoms. The Balaban J connectivity index is 3.11. The van der Waals surface area contributed by atoms with Gasteiger partial charge in [0.15, 0.2) is 0 Å². The van der Waals surface area contributed by atoms with Gasteiger partial charge in [0.1, 0.15) is 0 Å². The van der Waals surface area contributed by atoms with E-state index in [1.807, 2.05) is 19.9 Å². The number of hydrogen-bond acceptors (Lipinski definition) is 2. The van der Waals surface area contributed by atoms with Gasteiger partial charge in [-0.2, -0.15) is 0 Å². The van der Waals surface area contributed by atoms with Crippen molar-refractivity contribution in [1.82, 2.24) is 4.90 Å². The normalized spacial score (nSPS) is 36.9. The van der Waals surface area contributed by atoms with Gasteiger partial charge < -0.3 is 10.0 Å². The van der Waals surface area contributed by atoms with Crippen LogP contribution in [0.15, 0.2) is 12.7 Å². The van der Waals surface area contributed by atoms with Crippen molar-refractivity contribution in [2.24, 2.45) is 11.3 Å². The highest BCUT2D eigenvalue weighted by Crippen LogP contribution is 2.53. The summed E-state index contributed by atoms with van der Waals surface area (Å²) in [5.41, 5.74) is -1.55. The van der Waals surface area contributed by atoms with E-state index < -0.39 is 11.0 Å². The van der Waals surface area contributed by atoms with E-state index in [0.717, 1.165) is 19.3 Å². The molecule has 1 amide bonds. The van der Waals surface area contributed by atoms with Crippen LogP contribution in [0.25, 0.3) is 0 Å². The van der Waals surface area contributed by atoms with Gasteiger partial charge in [-0.05, 0) is 38.5 Å². The predicted molar refractivity (Wildman–Crippen MR) is 69.6 cm³/mol. The van der Waals surface area contributed by atoms with Gasteiger partial charge >= 0.3 is 0 Å². The standard InChI is InChI=1S/C14H25NO2/c1-6-7-9-14(12(16)15(4)5)10-8-11(2)13(14,3)17/h6,11,17H,1,7-10H2,2-5H3/t11-,13+,14+/m0/s1.